The summed E-state index contributed by atoms with van der Waals surface area (Å²) in [4.78, 5) is 51.9. The van der Waals surface area contributed by atoms with Gasteiger partial charge in [-0.25, -0.2) is 0 Å². The van der Waals surface area contributed by atoms with Crippen LogP contribution < -0.4 is 32.7 Å². The van der Waals surface area contributed by atoms with Crippen molar-refractivity contribution in [3.05, 3.63) is 48.3 Å². The lowest BCUT2D eigenvalue weighted by Crippen LogP contribution is -2.64. The van der Waals surface area contributed by atoms with E-state index in [4.69, 9.17) is 11.5 Å². The molecule has 1 aliphatic rings. The normalized spacial score (nSPS) is 15.4. The van der Waals surface area contributed by atoms with Gasteiger partial charge in [0.05, 0.1) is 5.82 Å². The second kappa shape index (κ2) is 12.9. The van der Waals surface area contributed by atoms with Crippen molar-refractivity contribution in [2.45, 2.75) is 82.3 Å². The van der Waals surface area contributed by atoms with E-state index in [1.54, 1.807) is 44.2 Å². The highest BCUT2D eigenvalue weighted by atomic mass is 16.2. The number of benzene rings is 1. The molecule has 1 fully saturated rings. The number of rotatable bonds is 14. The largest absolute Gasteiger partial charge is 0.386 e. The lowest BCUT2D eigenvalue weighted by Gasteiger charge is -2.34. The topological polar surface area (TPSA) is 168 Å². The van der Waals surface area contributed by atoms with E-state index in [0.717, 1.165) is 12.8 Å². The van der Waals surface area contributed by atoms with Crippen molar-refractivity contribution in [3.8, 4) is 0 Å². The molecule has 1 aliphatic carbocycles. The van der Waals surface area contributed by atoms with Gasteiger partial charge in [-0.15, -0.1) is 0 Å². The van der Waals surface area contributed by atoms with E-state index in [1.807, 2.05) is 0 Å². The van der Waals surface area contributed by atoms with Crippen LogP contribution in [0.2, 0.25) is 0 Å². The Bertz CT molecular complexity index is 939. The molecule has 0 saturated heterocycles. The van der Waals surface area contributed by atoms with E-state index in [0.29, 0.717) is 50.0 Å². The number of nitrogens with two attached hydrogens (primary N) is 2. The predicted octanol–water partition coefficient (Wildman–Crippen LogP) is 1.17. The Kier molecular flexibility index (Phi) is 10.3. The molecular weight excluding hydrogens is 460 g/mol. The van der Waals surface area contributed by atoms with Crippen molar-refractivity contribution in [2.75, 3.05) is 6.54 Å². The minimum atomic E-state index is -1.22. The lowest BCUT2D eigenvalue weighted by molar-refractivity contribution is -0.136. The van der Waals surface area contributed by atoms with Gasteiger partial charge in [0.1, 0.15) is 17.1 Å². The molecule has 1 atom stereocenters. The molecule has 0 spiro atoms. The molecular formula is C26H40N6O4. The third-order valence-corrected chi connectivity index (χ3v) is 6.97. The van der Waals surface area contributed by atoms with Crippen molar-refractivity contribution in [2.24, 2.45) is 11.5 Å². The molecule has 10 nitrogen and oxygen atoms in total. The van der Waals surface area contributed by atoms with Crippen molar-refractivity contribution in [1.29, 1.82) is 0 Å². The van der Waals surface area contributed by atoms with Gasteiger partial charge in [0, 0.05) is 12.1 Å². The summed E-state index contributed by atoms with van der Waals surface area (Å²) in [6.45, 7) is 7.65. The zero-order valence-electron chi connectivity index (χ0n) is 21.3. The Morgan fingerprint density at radius 1 is 1.06 bits per heavy atom. The van der Waals surface area contributed by atoms with E-state index in [9.17, 15) is 19.2 Å². The minimum absolute atomic E-state index is 0.281. The summed E-state index contributed by atoms with van der Waals surface area (Å²) in [5.41, 5.74) is 9.29. The zero-order chi connectivity index (χ0) is 26.8. The molecule has 4 amide bonds. The van der Waals surface area contributed by atoms with Crippen LogP contribution in [-0.2, 0) is 14.4 Å². The van der Waals surface area contributed by atoms with Gasteiger partial charge in [0.2, 0.25) is 17.7 Å². The number of carbonyl (C=O) groups excluding carboxylic acids is 4. The van der Waals surface area contributed by atoms with E-state index < -0.39 is 34.8 Å². The summed E-state index contributed by atoms with van der Waals surface area (Å²) in [5.74, 6) is -1.59. The van der Waals surface area contributed by atoms with Gasteiger partial charge >= 0.3 is 0 Å². The van der Waals surface area contributed by atoms with Crippen LogP contribution in [0.4, 0.5) is 0 Å². The van der Waals surface area contributed by atoms with Crippen molar-refractivity contribution < 1.29 is 19.2 Å². The summed E-state index contributed by atoms with van der Waals surface area (Å²) in [6, 6.07) is 7.70. The Labute approximate surface area is 213 Å². The monoisotopic (exact) mass is 500 g/mol. The minimum Gasteiger partial charge on any atom is -0.386 e. The Morgan fingerprint density at radius 3 is 2.19 bits per heavy atom. The first-order valence-electron chi connectivity index (χ1n) is 12.6. The molecule has 0 unspecified atom stereocenters. The lowest BCUT2D eigenvalue weighted by atomic mass is 9.90. The first-order valence-corrected chi connectivity index (χ1v) is 12.6. The van der Waals surface area contributed by atoms with E-state index in [1.165, 1.54) is 0 Å². The van der Waals surface area contributed by atoms with Crippen LogP contribution in [0.15, 0.2) is 42.7 Å². The highest BCUT2D eigenvalue weighted by Crippen LogP contribution is 2.29. The van der Waals surface area contributed by atoms with Crippen LogP contribution in [-0.4, -0.2) is 47.3 Å². The number of hydrogen-bond acceptors (Lipinski definition) is 6. The number of hydrogen-bond donors (Lipinski definition) is 6. The Balaban J connectivity index is 2.22. The van der Waals surface area contributed by atoms with Crippen molar-refractivity contribution >= 4 is 23.6 Å². The average molecular weight is 501 g/mol. The highest BCUT2D eigenvalue weighted by Gasteiger charge is 2.43. The second-order valence-corrected chi connectivity index (χ2v) is 9.37. The number of carbonyl (C=O) groups is 4. The molecule has 36 heavy (non-hydrogen) atoms. The molecule has 10 heteroatoms. The third-order valence-electron chi connectivity index (χ3n) is 6.97. The first kappa shape index (κ1) is 28.7. The van der Waals surface area contributed by atoms with E-state index in [2.05, 4.69) is 27.8 Å². The zero-order valence-corrected chi connectivity index (χ0v) is 21.3. The van der Waals surface area contributed by atoms with Gasteiger partial charge in [0.25, 0.3) is 5.91 Å². The maximum absolute atomic E-state index is 13.6. The molecule has 2 rings (SSSR count). The van der Waals surface area contributed by atoms with Crippen LogP contribution in [0.3, 0.4) is 0 Å². The summed E-state index contributed by atoms with van der Waals surface area (Å²) in [7, 11) is 0. The fourth-order valence-electron chi connectivity index (χ4n) is 4.54. The van der Waals surface area contributed by atoms with Gasteiger partial charge in [-0.3, -0.25) is 19.2 Å². The summed E-state index contributed by atoms with van der Waals surface area (Å²) >= 11 is 0. The molecule has 0 radical (unpaired) electrons. The Hall–Kier alpha value is -3.56. The van der Waals surface area contributed by atoms with Crippen molar-refractivity contribution in [3.63, 3.8) is 0 Å². The molecule has 0 aliphatic heterocycles. The van der Waals surface area contributed by atoms with Gasteiger partial charge < -0.3 is 32.7 Å². The molecule has 1 aromatic carbocycles. The van der Waals surface area contributed by atoms with E-state index in [-0.39, 0.29) is 12.3 Å². The highest BCUT2D eigenvalue weighted by molar-refractivity contribution is 6.00. The van der Waals surface area contributed by atoms with Gasteiger partial charge in [-0.1, -0.05) is 51.5 Å². The predicted molar refractivity (Wildman–Crippen MR) is 138 cm³/mol. The second-order valence-electron chi connectivity index (χ2n) is 9.37. The number of nitrogens with one attached hydrogen (secondary N) is 4. The number of amides is 4. The molecule has 198 valence electrons. The summed E-state index contributed by atoms with van der Waals surface area (Å²) in [5, 5.41) is 11.4. The molecule has 0 heterocycles. The van der Waals surface area contributed by atoms with Gasteiger partial charge in [-0.2, -0.15) is 0 Å². The maximum Gasteiger partial charge on any atom is 0.252 e. The average Bonchev–Trinajstić information content (AvgIpc) is 3.34. The summed E-state index contributed by atoms with van der Waals surface area (Å²) < 4.78 is 0. The molecule has 0 aromatic heterocycles. The van der Waals surface area contributed by atoms with Gasteiger partial charge in [-0.05, 0) is 50.7 Å². The van der Waals surface area contributed by atoms with Crippen LogP contribution in [0, 0.1) is 0 Å². The van der Waals surface area contributed by atoms with Crippen molar-refractivity contribution in [1.82, 2.24) is 21.3 Å². The Morgan fingerprint density at radius 2 is 1.67 bits per heavy atom. The quantitative estimate of drug-likeness (QED) is 0.210. The number of primary amides is 1. The fraction of sp³-hybridized carbons (Fsp3) is 0.538. The van der Waals surface area contributed by atoms with E-state index >= 15 is 0 Å². The first-order chi connectivity index (χ1) is 17.1. The molecule has 1 saturated carbocycles. The van der Waals surface area contributed by atoms with Crippen LogP contribution >= 0.6 is 0 Å². The van der Waals surface area contributed by atoms with Gasteiger partial charge in [0.15, 0.2) is 0 Å². The smallest absolute Gasteiger partial charge is 0.252 e. The fourth-order valence-corrected chi connectivity index (χ4v) is 4.54. The SMILES string of the molecule is C=C(N)NCCC[C@@H](NC(=O)C(CC)(CC)NC(=O)c1ccccc1)C(=O)NC1(C(N)=O)CCCC1. The summed E-state index contributed by atoms with van der Waals surface area (Å²) in [6.07, 6.45) is 3.91. The standard InChI is InChI=1S/C26H40N6O4/c1-4-25(5-2,31-21(33)19-12-7-6-8-13-19)24(36)30-20(14-11-17-29-18(3)27)22(34)32-26(23(28)35)15-9-10-16-26/h6-8,12-13,20,29H,3-5,9-11,14-17,27H2,1-2H3,(H2,28,35)(H,30,36)(H,31,33)(H,32,34)/t20-/m1/s1. The van der Waals surface area contributed by atoms with Crippen LogP contribution in [0.25, 0.3) is 0 Å². The third kappa shape index (κ3) is 7.22. The molecule has 1 aromatic rings. The molecule has 0 bridgehead atoms. The maximum atomic E-state index is 13.6. The van der Waals surface area contributed by atoms with Crippen LogP contribution in [0.5, 0.6) is 0 Å². The molecule has 8 N–H and O–H groups in total. The van der Waals surface area contributed by atoms with Crippen LogP contribution in [0.1, 0.15) is 75.6 Å².